The second-order valence-electron chi connectivity index (χ2n) is 3.81. The maximum Gasteiger partial charge on any atom is 0.235 e. The molecule has 0 fully saturated rings. The molecule has 1 atom stereocenters. The molecular weight excluding hydrogens is 226 g/mol. The standard InChI is InChI=1S/C15H13NO2/c1-18-14-9-7-13(8-10-14)15(16-11-17)12-5-3-2-4-6-12/h2-10,15H,1H3. The van der Waals surface area contributed by atoms with Gasteiger partial charge in [-0.1, -0.05) is 42.5 Å². The molecule has 2 aromatic carbocycles. The van der Waals surface area contributed by atoms with E-state index in [4.69, 9.17) is 4.74 Å². The summed E-state index contributed by atoms with van der Waals surface area (Å²) >= 11 is 0. The van der Waals surface area contributed by atoms with Gasteiger partial charge in [0.25, 0.3) is 0 Å². The third-order valence-electron chi connectivity index (χ3n) is 2.73. The van der Waals surface area contributed by atoms with E-state index in [0.29, 0.717) is 0 Å². The molecule has 1 unspecified atom stereocenters. The van der Waals surface area contributed by atoms with Gasteiger partial charge in [0.15, 0.2) is 0 Å². The lowest BCUT2D eigenvalue weighted by molar-refractivity contribution is 0.414. The van der Waals surface area contributed by atoms with Crippen molar-refractivity contribution in [3.05, 3.63) is 65.7 Å². The van der Waals surface area contributed by atoms with E-state index in [1.165, 1.54) is 0 Å². The van der Waals surface area contributed by atoms with Crippen LogP contribution in [0, 0.1) is 0 Å². The lowest BCUT2D eigenvalue weighted by Gasteiger charge is -2.11. The van der Waals surface area contributed by atoms with Gasteiger partial charge in [-0.25, -0.2) is 4.79 Å². The topological polar surface area (TPSA) is 38.7 Å². The minimum absolute atomic E-state index is 0.311. The molecule has 0 bridgehead atoms. The molecule has 0 spiro atoms. The smallest absolute Gasteiger partial charge is 0.235 e. The quantitative estimate of drug-likeness (QED) is 0.607. The maximum absolute atomic E-state index is 10.6. The molecule has 3 heteroatoms. The largest absolute Gasteiger partial charge is 0.497 e. The number of hydrogen-bond acceptors (Lipinski definition) is 3. The van der Waals surface area contributed by atoms with Crippen LogP contribution in [0.25, 0.3) is 0 Å². The number of benzene rings is 2. The van der Waals surface area contributed by atoms with E-state index < -0.39 is 0 Å². The maximum atomic E-state index is 10.6. The van der Waals surface area contributed by atoms with E-state index in [9.17, 15) is 4.79 Å². The zero-order valence-electron chi connectivity index (χ0n) is 10.0. The first-order chi connectivity index (χ1) is 8.85. The molecule has 3 nitrogen and oxygen atoms in total. The highest BCUT2D eigenvalue weighted by Gasteiger charge is 2.12. The highest BCUT2D eigenvalue weighted by atomic mass is 16.5. The highest BCUT2D eigenvalue weighted by molar-refractivity contribution is 5.41. The van der Waals surface area contributed by atoms with Gasteiger partial charge in [-0.05, 0) is 23.3 Å². The van der Waals surface area contributed by atoms with Gasteiger partial charge in [0, 0.05) is 0 Å². The number of methoxy groups -OCH3 is 1. The molecule has 0 aliphatic heterocycles. The Morgan fingerprint density at radius 1 is 1.00 bits per heavy atom. The SMILES string of the molecule is COc1ccc(C(N=C=O)c2ccccc2)cc1. The molecule has 18 heavy (non-hydrogen) atoms. The van der Waals surface area contributed by atoms with Crippen molar-refractivity contribution in [2.45, 2.75) is 6.04 Å². The Morgan fingerprint density at radius 2 is 1.61 bits per heavy atom. The predicted molar refractivity (Wildman–Crippen MR) is 69.4 cm³/mol. The number of rotatable bonds is 4. The summed E-state index contributed by atoms with van der Waals surface area (Å²) in [5.74, 6) is 0.778. The first-order valence-corrected chi connectivity index (χ1v) is 5.61. The molecule has 2 aromatic rings. The second-order valence-corrected chi connectivity index (χ2v) is 3.81. The van der Waals surface area contributed by atoms with Gasteiger partial charge in [0.1, 0.15) is 11.8 Å². The normalized spacial score (nSPS) is 11.4. The fourth-order valence-electron chi connectivity index (χ4n) is 1.82. The fourth-order valence-corrected chi connectivity index (χ4v) is 1.82. The Kier molecular flexibility index (Phi) is 3.90. The van der Waals surface area contributed by atoms with E-state index >= 15 is 0 Å². The van der Waals surface area contributed by atoms with Crippen molar-refractivity contribution in [2.24, 2.45) is 4.99 Å². The van der Waals surface area contributed by atoms with Gasteiger partial charge < -0.3 is 4.74 Å². The third kappa shape index (κ3) is 2.65. The molecule has 0 heterocycles. The van der Waals surface area contributed by atoms with Crippen LogP contribution in [-0.4, -0.2) is 13.2 Å². The molecule has 0 radical (unpaired) electrons. The summed E-state index contributed by atoms with van der Waals surface area (Å²) in [7, 11) is 1.62. The molecule has 0 saturated carbocycles. The van der Waals surface area contributed by atoms with Crippen LogP contribution in [-0.2, 0) is 4.79 Å². The van der Waals surface area contributed by atoms with Crippen molar-refractivity contribution in [1.82, 2.24) is 0 Å². The Hall–Kier alpha value is -2.38. The van der Waals surface area contributed by atoms with Gasteiger partial charge in [0.2, 0.25) is 6.08 Å². The van der Waals surface area contributed by atoms with E-state index in [0.717, 1.165) is 16.9 Å². The highest BCUT2D eigenvalue weighted by Crippen LogP contribution is 2.26. The monoisotopic (exact) mass is 239 g/mol. The Bertz CT molecular complexity index is 542. The molecule has 0 aliphatic carbocycles. The zero-order valence-corrected chi connectivity index (χ0v) is 10.0. The lowest BCUT2D eigenvalue weighted by atomic mass is 9.99. The van der Waals surface area contributed by atoms with Crippen LogP contribution >= 0.6 is 0 Å². The Balaban J connectivity index is 2.38. The van der Waals surface area contributed by atoms with Crippen molar-refractivity contribution in [3.63, 3.8) is 0 Å². The van der Waals surface area contributed by atoms with Crippen molar-refractivity contribution < 1.29 is 9.53 Å². The zero-order chi connectivity index (χ0) is 12.8. The average Bonchev–Trinajstić information content (AvgIpc) is 2.46. The number of aliphatic imine (C=N–C) groups is 1. The minimum atomic E-state index is -0.311. The van der Waals surface area contributed by atoms with Gasteiger partial charge >= 0.3 is 0 Å². The van der Waals surface area contributed by atoms with Gasteiger partial charge in [-0.3, -0.25) is 0 Å². The summed E-state index contributed by atoms with van der Waals surface area (Å²) in [5, 5.41) is 0. The van der Waals surface area contributed by atoms with E-state index in [-0.39, 0.29) is 6.04 Å². The van der Waals surface area contributed by atoms with Crippen LogP contribution in [0.15, 0.2) is 59.6 Å². The fraction of sp³-hybridized carbons (Fsp3) is 0.133. The number of hydrogen-bond donors (Lipinski definition) is 0. The van der Waals surface area contributed by atoms with E-state index in [2.05, 4.69) is 4.99 Å². The molecule has 2 rings (SSSR count). The first kappa shape index (κ1) is 12.1. The molecule has 0 amide bonds. The van der Waals surface area contributed by atoms with Crippen LogP contribution in [0.4, 0.5) is 0 Å². The van der Waals surface area contributed by atoms with Gasteiger partial charge in [-0.2, -0.15) is 4.99 Å². The molecule has 0 aliphatic rings. The van der Waals surface area contributed by atoms with Crippen molar-refractivity contribution >= 4 is 6.08 Å². The molecular formula is C15H13NO2. The molecule has 0 N–H and O–H groups in total. The summed E-state index contributed by atoms with van der Waals surface area (Å²) in [4.78, 5) is 14.4. The summed E-state index contributed by atoms with van der Waals surface area (Å²) in [5.41, 5.74) is 1.90. The average molecular weight is 239 g/mol. The second kappa shape index (κ2) is 5.80. The van der Waals surface area contributed by atoms with Crippen LogP contribution < -0.4 is 4.74 Å². The summed E-state index contributed by atoms with van der Waals surface area (Å²) in [6.45, 7) is 0. The Morgan fingerprint density at radius 3 is 2.17 bits per heavy atom. The number of ether oxygens (including phenoxy) is 1. The molecule has 90 valence electrons. The van der Waals surface area contributed by atoms with Crippen LogP contribution in [0.2, 0.25) is 0 Å². The van der Waals surface area contributed by atoms with Gasteiger partial charge in [-0.15, -0.1) is 0 Å². The van der Waals surface area contributed by atoms with E-state index in [1.54, 1.807) is 13.2 Å². The van der Waals surface area contributed by atoms with Crippen LogP contribution in [0.3, 0.4) is 0 Å². The number of carbonyl (C=O) groups excluding carboxylic acids is 1. The molecule has 0 saturated heterocycles. The van der Waals surface area contributed by atoms with Crippen molar-refractivity contribution in [1.29, 1.82) is 0 Å². The first-order valence-electron chi connectivity index (χ1n) is 5.61. The van der Waals surface area contributed by atoms with E-state index in [1.807, 2.05) is 54.6 Å². The summed E-state index contributed by atoms with van der Waals surface area (Å²) in [6, 6.07) is 16.9. The van der Waals surface area contributed by atoms with Crippen LogP contribution in [0.5, 0.6) is 5.75 Å². The minimum Gasteiger partial charge on any atom is -0.497 e. The predicted octanol–water partition coefficient (Wildman–Crippen LogP) is 3.12. The summed E-state index contributed by atoms with van der Waals surface area (Å²) < 4.78 is 5.11. The third-order valence-corrected chi connectivity index (χ3v) is 2.73. The van der Waals surface area contributed by atoms with Crippen LogP contribution in [0.1, 0.15) is 17.2 Å². The molecule has 0 aromatic heterocycles. The lowest BCUT2D eigenvalue weighted by Crippen LogP contribution is -1.97. The Labute approximate surface area is 106 Å². The summed E-state index contributed by atoms with van der Waals surface area (Å²) in [6.07, 6.45) is 1.64. The number of nitrogens with zero attached hydrogens (tertiary/aromatic N) is 1. The van der Waals surface area contributed by atoms with Gasteiger partial charge in [0.05, 0.1) is 7.11 Å². The van der Waals surface area contributed by atoms with Crippen molar-refractivity contribution in [2.75, 3.05) is 7.11 Å². The number of isocyanates is 1. The van der Waals surface area contributed by atoms with Crippen molar-refractivity contribution in [3.8, 4) is 5.75 Å².